The van der Waals surface area contributed by atoms with Crippen LogP contribution in [0, 0.1) is 5.92 Å². The first kappa shape index (κ1) is 19.0. The SMILES string of the molecule is CCCC[C@H](CC)C(=O)N1CCc2ccccc2[C@H]1c1ccc(Cl)cc1. The Hall–Kier alpha value is -1.80. The van der Waals surface area contributed by atoms with Gasteiger partial charge in [-0.2, -0.15) is 0 Å². The molecule has 26 heavy (non-hydrogen) atoms. The minimum Gasteiger partial charge on any atom is -0.331 e. The second kappa shape index (κ2) is 8.73. The second-order valence-corrected chi connectivity index (χ2v) is 7.62. The number of carbonyl (C=O) groups is 1. The summed E-state index contributed by atoms with van der Waals surface area (Å²) in [6.45, 7) is 5.10. The molecule has 1 amide bonds. The number of hydrogen-bond acceptors (Lipinski definition) is 1. The van der Waals surface area contributed by atoms with E-state index < -0.39 is 0 Å². The van der Waals surface area contributed by atoms with Gasteiger partial charge < -0.3 is 4.90 Å². The zero-order chi connectivity index (χ0) is 18.5. The number of hydrogen-bond donors (Lipinski definition) is 0. The quantitative estimate of drug-likeness (QED) is 0.608. The van der Waals surface area contributed by atoms with Crippen LogP contribution < -0.4 is 0 Å². The molecule has 1 heterocycles. The third-order valence-corrected chi connectivity index (χ3v) is 5.75. The van der Waals surface area contributed by atoms with E-state index in [9.17, 15) is 4.79 Å². The second-order valence-electron chi connectivity index (χ2n) is 7.18. The summed E-state index contributed by atoms with van der Waals surface area (Å²) in [6, 6.07) is 16.5. The molecule has 0 aromatic heterocycles. The molecule has 0 unspecified atom stereocenters. The van der Waals surface area contributed by atoms with Crippen LogP contribution in [0.1, 0.15) is 62.3 Å². The van der Waals surface area contributed by atoms with Gasteiger partial charge in [-0.15, -0.1) is 0 Å². The van der Waals surface area contributed by atoms with Crippen molar-refractivity contribution in [1.29, 1.82) is 0 Å². The standard InChI is InChI=1S/C23H28ClNO/c1-3-5-8-17(4-2)23(26)25-16-15-18-9-6-7-10-21(18)22(25)19-11-13-20(24)14-12-19/h6-7,9-14,17,22H,3-5,8,15-16H2,1-2H3/t17-,22+/m0/s1. The lowest BCUT2D eigenvalue weighted by Gasteiger charge is -2.39. The first-order valence-corrected chi connectivity index (χ1v) is 10.2. The summed E-state index contributed by atoms with van der Waals surface area (Å²) >= 11 is 6.10. The highest BCUT2D eigenvalue weighted by Gasteiger charge is 2.34. The van der Waals surface area contributed by atoms with Crippen LogP contribution >= 0.6 is 11.6 Å². The number of fused-ring (bicyclic) bond motifs is 1. The van der Waals surface area contributed by atoms with Crippen LogP contribution in [0.3, 0.4) is 0 Å². The summed E-state index contributed by atoms with van der Waals surface area (Å²) in [5.74, 6) is 0.422. The summed E-state index contributed by atoms with van der Waals surface area (Å²) in [5, 5.41) is 0.727. The van der Waals surface area contributed by atoms with Crippen molar-refractivity contribution in [2.24, 2.45) is 5.92 Å². The smallest absolute Gasteiger partial charge is 0.226 e. The number of halogens is 1. The van der Waals surface area contributed by atoms with Crippen molar-refractivity contribution >= 4 is 17.5 Å². The number of rotatable bonds is 6. The van der Waals surface area contributed by atoms with E-state index in [0.717, 1.165) is 49.2 Å². The summed E-state index contributed by atoms with van der Waals surface area (Å²) in [6.07, 6.45) is 5.06. The highest BCUT2D eigenvalue weighted by molar-refractivity contribution is 6.30. The number of unbranched alkanes of at least 4 members (excludes halogenated alkanes) is 1. The van der Waals surface area contributed by atoms with Crippen LogP contribution in [0.5, 0.6) is 0 Å². The van der Waals surface area contributed by atoms with Gasteiger partial charge in [0.15, 0.2) is 0 Å². The molecular formula is C23H28ClNO. The lowest BCUT2D eigenvalue weighted by atomic mass is 9.86. The van der Waals surface area contributed by atoms with E-state index in [1.807, 2.05) is 12.1 Å². The van der Waals surface area contributed by atoms with Crippen LogP contribution in [0.4, 0.5) is 0 Å². The molecule has 3 heteroatoms. The molecule has 1 aliphatic heterocycles. The van der Waals surface area contributed by atoms with Crippen LogP contribution in [-0.4, -0.2) is 17.4 Å². The maximum atomic E-state index is 13.4. The van der Waals surface area contributed by atoms with Gasteiger partial charge >= 0.3 is 0 Å². The Morgan fingerprint density at radius 1 is 1.15 bits per heavy atom. The van der Waals surface area contributed by atoms with E-state index >= 15 is 0 Å². The van der Waals surface area contributed by atoms with Gasteiger partial charge in [-0.1, -0.05) is 74.7 Å². The topological polar surface area (TPSA) is 20.3 Å². The van der Waals surface area contributed by atoms with Gasteiger partial charge in [-0.3, -0.25) is 4.79 Å². The molecule has 0 bridgehead atoms. The Bertz CT molecular complexity index is 740. The molecule has 0 radical (unpaired) electrons. The van der Waals surface area contributed by atoms with E-state index in [4.69, 9.17) is 11.6 Å². The molecule has 0 saturated heterocycles. The zero-order valence-electron chi connectivity index (χ0n) is 15.7. The van der Waals surface area contributed by atoms with E-state index in [1.54, 1.807) is 0 Å². The van der Waals surface area contributed by atoms with Crippen molar-refractivity contribution in [3.8, 4) is 0 Å². The molecular weight excluding hydrogens is 342 g/mol. The van der Waals surface area contributed by atoms with Crippen molar-refractivity contribution in [1.82, 2.24) is 4.90 Å². The molecule has 0 fully saturated rings. The van der Waals surface area contributed by atoms with Crippen molar-refractivity contribution in [3.05, 3.63) is 70.2 Å². The predicted octanol–water partition coefficient (Wildman–Crippen LogP) is 6.03. The van der Waals surface area contributed by atoms with Crippen LogP contribution in [0.15, 0.2) is 48.5 Å². The predicted molar refractivity (Wildman–Crippen MR) is 108 cm³/mol. The summed E-state index contributed by atoms with van der Waals surface area (Å²) in [5.41, 5.74) is 3.73. The summed E-state index contributed by atoms with van der Waals surface area (Å²) < 4.78 is 0. The van der Waals surface area contributed by atoms with E-state index in [0.29, 0.717) is 5.91 Å². The average Bonchev–Trinajstić information content (AvgIpc) is 2.68. The Labute approximate surface area is 162 Å². The molecule has 2 atom stereocenters. The lowest BCUT2D eigenvalue weighted by molar-refractivity contribution is -0.138. The molecule has 3 rings (SSSR count). The van der Waals surface area contributed by atoms with Crippen LogP contribution in [-0.2, 0) is 11.2 Å². The largest absolute Gasteiger partial charge is 0.331 e. The van der Waals surface area contributed by atoms with E-state index in [2.05, 4.69) is 55.1 Å². The first-order valence-electron chi connectivity index (χ1n) is 9.79. The Morgan fingerprint density at radius 3 is 2.58 bits per heavy atom. The number of amides is 1. The molecule has 2 aromatic carbocycles. The minimum absolute atomic E-state index is 0.0135. The van der Waals surface area contributed by atoms with Gasteiger partial charge in [0.2, 0.25) is 5.91 Å². The number of carbonyl (C=O) groups excluding carboxylic acids is 1. The molecule has 0 N–H and O–H groups in total. The van der Waals surface area contributed by atoms with E-state index in [-0.39, 0.29) is 12.0 Å². The van der Waals surface area contributed by atoms with Gasteiger partial charge in [-0.05, 0) is 48.1 Å². The number of benzene rings is 2. The summed E-state index contributed by atoms with van der Waals surface area (Å²) in [4.78, 5) is 15.5. The van der Waals surface area contributed by atoms with Gasteiger partial charge in [-0.25, -0.2) is 0 Å². The van der Waals surface area contributed by atoms with Crippen molar-refractivity contribution in [3.63, 3.8) is 0 Å². The van der Waals surface area contributed by atoms with E-state index in [1.165, 1.54) is 11.1 Å². The third-order valence-electron chi connectivity index (χ3n) is 5.50. The van der Waals surface area contributed by atoms with Crippen LogP contribution in [0.2, 0.25) is 5.02 Å². The van der Waals surface area contributed by atoms with Crippen molar-refractivity contribution in [2.45, 2.75) is 52.0 Å². The molecule has 0 spiro atoms. The molecule has 0 aliphatic carbocycles. The fraction of sp³-hybridized carbons (Fsp3) is 0.435. The molecule has 2 aromatic rings. The van der Waals surface area contributed by atoms with Crippen LogP contribution in [0.25, 0.3) is 0 Å². The summed E-state index contributed by atoms with van der Waals surface area (Å²) in [7, 11) is 0. The zero-order valence-corrected chi connectivity index (χ0v) is 16.5. The van der Waals surface area contributed by atoms with Gasteiger partial charge in [0, 0.05) is 17.5 Å². The normalized spacial score (nSPS) is 17.7. The first-order chi connectivity index (χ1) is 12.7. The van der Waals surface area contributed by atoms with Crippen molar-refractivity contribution < 1.29 is 4.79 Å². The highest BCUT2D eigenvalue weighted by Crippen LogP contribution is 2.37. The van der Waals surface area contributed by atoms with Crippen molar-refractivity contribution in [2.75, 3.05) is 6.54 Å². The average molecular weight is 370 g/mol. The monoisotopic (exact) mass is 369 g/mol. The van der Waals surface area contributed by atoms with Gasteiger partial charge in [0.1, 0.15) is 0 Å². The van der Waals surface area contributed by atoms with Gasteiger partial charge in [0.05, 0.1) is 6.04 Å². The fourth-order valence-electron chi connectivity index (χ4n) is 4.00. The fourth-order valence-corrected chi connectivity index (χ4v) is 4.12. The molecule has 1 aliphatic rings. The third kappa shape index (κ3) is 3.96. The Morgan fingerprint density at radius 2 is 1.88 bits per heavy atom. The lowest BCUT2D eigenvalue weighted by Crippen LogP contribution is -2.43. The highest BCUT2D eigenvalue weighted by atomic mass is 35.5. The minimum atomic E-state index is -0.0135. The van der Waals surface area contributed by atoms with Gasteiger partial charge in [0.25, 0.3) is 0 Å². The maximum absolute atomic E-state index is 13.4. The molecule has 2 nitrogen and oxygen atoms in total. The Balaban J connectivity index is 1.98. The maximum Gasteiger partial charge on any atom is 0.226 e. The molecule has 138 valence electrons. The molecule has 0 saturated carbocycles. The number of nitrogens with zero attached hydrogens (tertiary/aromatic N) is 1. The Kier molecular flexibility index (Phi) is 6.37.